The molecule has 3 nitrogen and oxygen atoms in total. The summed E-state index contributed by atoms with van der Waals surface area (Å²) in [4.78, 5) is 0. The number of hydrogen-bond acceptors (Lipinski definition) is 3. The van der Waals surface area contributed by atoms with Crippen LogP contribution in [0.1, 0.15) is 6.42 Å². The maximum atomic E-state index is 4.77. The Balaban J connectivity index is 0.000000211. The predicted molar refractivity (Wildman–Crippen MR) is 43.9 cm³/mol. The van der Waals surface area contributed by atoms with E-state index in [1.54, 1.807) is 21.3 Å². The van der Waals surface area contributed by atoms with Crippen LogP contribution in [0.2, 0.25) is 0 Å². The normalized spacial score (nSPS) is 12.6. The van der Waals surface area contributed by atoms with E-state index in [4.69, 9.17) is 9.96 Å². The first-order valence-corrected chi connectivity index (χ1v) is 5.57. The Morgan fingerprint density at radius 3 is 1.42 bits per heavy atom. The molecule has 0 aliphatic heterocycles. The van der Waals surface area contributed by atoms with Crippen molar-refractivity contribution in [1.82, 2.24) is 0 Å². The van der Waals surface area contributed by atoms with Gasteiger partial charge in [0.15, 0.2) is 0 Å². The summed E-state index contributed by atoms with van der Waals surface area (Å²) in [5.74, 6) is 0. The third-order valence-electron chi connectivity index (χ3n) is 1.16. The van der Waals surface area contributed by atoms with Gasteiger partial charge in [-0.05, 0) is 6.42 Å². The summed E-state index contributed by atoms with van der Waals surface area (Å²) >= 11 is -1.90. The molecule has 1 aliphatic carbocycles. The molecule has 0 spiro atoms. The molecule has 0 saturated carbocycles. The second-order valence-electron chi connectivity index (χ2n) is 1.95. The molecule has 4 heteroatoms. The predicted octanol–water partition coefficient (Wildman–Crippen LogP) is 1.79. The molecular formula is C8H15O3Ti. The molecular weight excluding hydrogens is 192 g/mol. The van der Waals surface area contributed by atoms with E-state index in [0.29, 0.717) is 0 Å². The quantitative estimate of drug-likeness (QED) is 0.660. The van der Waals surface area contributed by atoms with Crippen LogP contribution in [-0.2, 0) is 29.0 Å². The molecule has 69 valence electrons. The molecule has 0 unspecified atom stereocenters. The summed E-state index contributed by atoms with van der Waals surface area (Å²) in [6.45, 7) is 0. The van der Waals surface area contributed by atoms with Gasteiger partial charge in [-0.1, -0.05) is 24.3 Å². The summed E-state index contributed by atoms with van der Waals surface area (Å²) in [6, 6.07) is 0. The average Bonchev–Trinajstić information content (AvgIpc) is 2.64. The molecule has 1 rings (SSSR count). The van der Waals surface area contributed by atoms with E-state index in [2.05, 4.69) is 24.3 Å². The van der Waals surface area contributed by atoms with E-state index < -0.39 is 19.0 Å². The van der Waals surface area contributed by atoms with E-state index >= 15 is 0 Å². The molecule has 0 atom stereocenters. The van der Waals surface area contributed by atoms with Gasteiger partial charge in [0.1, 0.15) is 0 Å². The fourth-order valence-corrected chi connectivity index (χ4v) is 1.42. The van der Waals surface area contributed by atoms with Gasteiger partial charge in [-0.3, -0.25) is 0 Å². The molecule has 0 amide bonds. The molecule has 0 fully saturated rings. The van der Waals surface area contributed by atoms with Gasteiger partial charge >= 0.3 is 50.3 Å². The minimum atomic E-state index is -1.90. The number of rotatable bonds is 3. The standard InChI is InChI=1S/C5H6.3CH3O.Ti/c1-2-4-5-3-1;3*1-2;/h1-4H,5H2;3*1H3;/q;3*-1;+3. The Bertz CT molecular complexity index is 126. The fourth-order valence-electron chi connectivity index (χ4n) is 0.643. The molecule has 0 bridgehead atoms. The van der Waals surface area contributed by atoms with Gasteiger partial charge in [-0.2, -0.15) is 0 Å². The van der Waals surface area contributed by atoms with Gasteiger partial charge in [0.05, 0.1) is 0 Å². The van der Waals surface area contributed by atoms with Crippen molar-refractivity contribution in [3.05, 3.63) is 24.3 Å². The molecule has 12 heavy (non-hydrogen) atoms. The zero-order valence-corrected chi connectivity index (χ0v) is 9.30. The molecule has 1 aliphatic rings. The second kappa shape index (κ2) is 9.16. The van der Waals surface area contributed by atoms with Crippen LogP contribution >= 0.6 is 0 Å². The Morgan fingerprint density at radius 1 is 0.917 bits per heavy atom. The SMILES string of the molecule is C1=CCC=C1.C[O][Ti]([O]C)[O]C. The van der Waals surface area contributed by atoms with Gasteiger partial charge in [-0.15, -0.1) is 0 Å². The van der Waals surface area contributed by atoms with E-state index in [1.165, 1.54) is 0 Å². The Kier molecular flexibility index (Phi) is 9.22. The third-order valence-corrected chi connectivity index (χ3v) is 2.72. The van der Waals surface area contributed by atoms with E-state index in [0.717, 1.165) is 6.42 Å². The van der Waals surface area contributed by atoms with E-state index in [9.17, 15) is 0 Å². The van der Waals surface area contributed by atoms with Crippen molar-refractivity contribution in [2.45, 2.75) is 6.42 Å². The summed E-state index contributed by atoms with van der Waals surface area (Å²) in [5.41, 5.74) is 0. The van der Waals surface area contributed by atoms with Crippen molar-refractivity contribution in [3.63, 3.8) is 0 Å². The monoisotopic (exact) mass is 207 g/mol. The van der Waals surface area contributed by atoms with E-state index in [-0.39, 0.29) is 0 Å². The summed E-state index contributed by atoms with van der Waals surface area (Å²) in [6.07, 6.45) is 9.50. The van der Waals surface area contributed by atoms with Gasteiger partial charge < -0.3 is 0 Å². The summed E-state index contributed by atoms with van der Waals surface area (Å²) in [5, 5.41) is 0. The first kappa shape index (κ1) is 12.1. The molecule has 0 N–H and O–H groups in total. The van der Waals surface area contributed by atoms with Crippen molar-refractivity contribution in [2.75, 3.05) is 21.3 Å². The van der Waals surface area contributed by atoms with Crippen LogP contribution in [-0.4, -0.2) is 21.3 Å². The second-order valence-corrected chi connectivity index (χ2v) is 4.65. The van der Waals surface area contributed by atoms with Gasteiger partial charge in [0, 0.05) is 0 Å². The summed E-state index contributed by atoms with van der Waals surface area (Å²) in [7, 11) is 4.76. The first-order chi connectivity index (χ1) is 5.85. The van der Waals surface area contributed by atoms with Crippen LogP contribution in [0.5, 0.6) is 0 Å². The van der Waals surface area contributed by atoms with Crippen molar-refractivity contribution in [3.8, 4) is 0 Å². The Morgan fingerprint density at radius 2 is 1.33 bits per heavy atom. The topological polar surface area (TPSA) is 27.7 Å². The van der Waals surface area contributed by atoms with Crippen LogP contribution in [0.4, 0.5) is 0 Å². The van der Waals surface area contributed by atoms with Crippen molar-refractivity contribution >= 4 is 0 Å². The van der Waals surface area contributed by atoms with Crippen molar-refractivity contribution in [2.24, 2.45) is 0 Å². The number of allylic oxidation sites excluding steroid dienone is 4. The van der Waals surface area contributed by atoms with Gasteiger partial charge in [0.25, 0.3) is 0 Å². The van der Waals surface area contributed by atoms with Gasteiger partial charge in [-0.25, -0.2) is 0 Å². The molecule has 0 radical (unpaired) electrons. The maximum absolute atomic E-state index is 4.77. The van der Waals surface area contributed by atoms with Crippen LogP contribution in [0.25, 0.3) is 0 Å². The van der Waals surface area contributed by atoms with E-state index in [1.807, 2.05) is 0 Å². The minimum absolute atomic E-state index is 1.14. The Labute approximate surface area is 81.3 Å². The van der Waals surface area contributed by atoms with Crippen LogP contribution in [0.3, 0.4) is 0 Å². The molecule has 0 saturated heterocycles. The molecule has 0 aromatic rings. The van der Waals surface area contributed by atoms with Crippen LogP contribution in [0.15, 0.2) is 24.3 Å². The Hall–Kier alpha value is 0.0743. The van der Waals surface area contributed by atoms with Crippen molar-refractivity contribution in [1.29, 1.82) is 0 Å². The first-order valence-electron chi connectivity index (χ1n) is 3.65. The number of hydrogen-bond donors (Lipinski definition) is 0. The van der Waals surface area contributed by atoms with Crippen LogP contribution < -0.4 is 0 Å². The molecule has 0 heterocycles. The molecule has 0 aromatic carbocycles. The molecule has 0 aromatic heterocycles. The fraction of sp³-hybridized carbons (Fsp3) is 0.500. The van der Waals surface area contributed by atoms with Crippen molar-refractivity contribution < 1.29 is 29.0 Å². The summed E-state index contributed by atoms with van der Waals surface area (Å²) < 4.78 is 14.3. The zero-order chi connectivity index (χ0) is 9.23. The zero-order valence-electron chi connectivity index (χ0n) is 7.74. The average molecular weight is 207 g/mol. The third kappa shape index (κ3) is 6.76. The van der Waals surface area contributed by atoms with Gasteiger partial charge in [0.2, 0.25) is 0 Å². The van der Waals surface area contributed by atoms with Crippen LogP contribution in [0, 0.1) is 0 Å².